The molecule has 18 heavy (non-hydrogen) atoms. The van der Waals surface area contributed by atoms with Gasteiger partial charge in [-0.15, -0.1) is 0 Å². The van der Waals surface area contributed by atoms with Crippen LogP contribution in [0, 0.1) is 17.7 Å². The number of halogens is 1. The van der Waals surface area contributed by atoms with Crippen molar-refractivity contribution >= 4 is 9.84 Å². The van der Waals surface area contributed by atoms with Crippen LogP contribution in [-0.4, -0.2) is 13.7 Å². The molecule has 0 aromatic heterocycles. The maximum absolute atomic E-state index is 13.6. The van der Waals surface area contributed by atoms with Gasteiger partial charge in [-0.05, 0) is 43.2 Å². The highest BCUT2D eigenvalue weighted by atomic mass is 32.2. The van der Waals surface area contributed by atoms with Crippen LogP contribution in [0.4, 0.5) is 4.39 Å². The van der Waals surface area contributed by atoms with Gasteiger partial charge >= 0.3 is 0 Å². The highest BCUT2D eigenvalue weighted by Crippen LogP contribution is 2.35. The van der Waals surface area contributed by atoms with Gasteiger partial charge in [-0.2, -0.15) is 0 Å². The van der Waals surface area contributed by atoms with Crippen LogP contribution in [0.5, 0.6) is 0 Å². The molecule has 100 valence electrons. The molecular weight excluding hydrogens is 251 g/mol. The summed E-state index contributed by atoms with van der Waals surface area (Å²) in [4.78, 5) is -0.142. The first-order chi connectivity index (χ1) is 8.43. The smallest absolute Gasteiger partial charge is 0.184 e. The average molecular weight is 270 g/mol. The number of rotatable bonds is 2. The molecule has 3 atom stereocenters. The van der Waals surface area contributed by atoms with Gasteiger partial charge in [0.15, 0.2) is 9.84 Å². The predicted octanol–water partition coefficient (Wildman–Crippen LogP) is 3.42. The van der Waals surface area contributed by atoms with Crippen molar-refractivity contribution in [3.8, 4) is 0 Å². The van der Waals surface area contributed by atoms with Gasteiger partial charge in [0.05, 0.1) is 5.25 Å². The van der Waals surface area contributed by atoms with E-state index in [0.717, 1.165) is 6.42 Å². The number of hydrogen-bond donors (Lipinski definition) is 0. The monoisotopic (exact) mass is 270 g/mol. The van der Waals surface area contributed by atoms with Gasteiger partial charge < -0.3 is 0 Å². The number of sulfone groups is 1. The summed E-state index contributed by atoms with van der Waals surface area (Å²) in [6.07, 6.45) is 2.18. The lowest BCUT2D eigenvalue weighted by atomic mass is 9.81. The molecule has 1 aromatic rings. The van der Waals surface area contributed by atoms with Crippen molar-refractivity contribution in [2.45, 2.75) is 43.3 Å². The Balaban J connectivity index is 2.30. The fourth-order valence-electron chi connectivity index (χ4n) is 2.63. The first-order valence-electron chi connectivity index (χ1n) is 6.41. The van der Waals surface area contributed by atoms with Crippen molar-refractivity contribution in [1.29, 1.82) is 0 Å². The lowest BCUT2D eigenvalue weighted by Gasteiger charge is -2.31. The highest BCUT2D eigenvalue weighted by Gasteiger charge is 2.35. The SMILES string of the molecule is CC1CCC(S(=O)(=O)c2ccccc2F)CC1C. The molecule has 0 bridgehead atoms. The van der Waals surface area contributed by atoms with Gasteiger partial charge in [0, 0.05) is 0 Å². The fraction of sp³-hybridized carbons (Fsp3) is 0.571. The maximum atomic E-state index is 13.6. The van der Waals surface area contributed by atoms with E-state index < -0.39 is 20.9 Å². The zero-order valence-corrected chi connectivity index (χ0v) is 11.6. The third kappa shape index (κ3) is 2.44. The van der Waals surface area contributed by atoms with Crippen molar-refractivity contribution in [1.82, 2.24) is 0 Å². The van der Waals surface area contributed by atoms with E-state index in [0.29, 0.717) is 24.7 Å². The van der Waals surface area contributed by atoms with Crippen LogP contribution in [0.2, 0.25) is 0 Å². The molecule has 1 fully saturated rings. The van der Waals surface area contributed by atoms with Crippen molar-refractivity contribution in [2.24, 2.45) is 11.8 Å². The van der Waals surface area contributed by atoms with E-state index >= 15 is 0 Å². The van der Waals surface area contributed by atoms with E-state index in [2.05, 4.69) is 13.8 Å². The standard InChI is InChI=1S/C14H19FO2S/c1-10-7-8-12(9-11(10)2)18(16,17)14-6-4-3-5-13(14)15/h3-6,10-12H,7-9H2,1-2H3. The van der Waals surface area contributed by atoms with E-state index in [9.17, 15) is 12.8 Å². The van der Waals surface area contributed by atoms with E-state index in [1.165, 1.54) is 18.2 Å². The Kier molecular flexibility index (Phi) is 3.76. The largest absolute Gasteiger partial charge is 0.223 e. The van der Waals surface area contributed by atoms with Gasteiger partial charge in [0.25, 0.3) is 0 Å². The quantitative estimate of drug-likeness (QED) is 0.825. The van der Waals surface area contributed by atoms with Crippen LogP contribution in [0.15, 0.2) is 29.2 Å². The Bertz CT molecular complexity index is 524. The molecule has 0 saturated heterocycles. The Morgan fingerprint density at radius 2 is 1.78 bits per heavy atom. The molecule has 1 saturated carbocycles. The first kappa shape index (κ1) is 13.5. The minimum Gasteiger partial charge on any atom is -0.223 e. The molecule has 0 N–H and O–H groups in total. The molecule has 3 unspecified atom stereocenters. The summed E-state index contributed by atoms with van der Waals surface area (Å²) in [6.45, 7) is 4.23. The molecule has 0 heterocycles. The number of hydrogen-bond acceptors (Lipinski definition) is 2. The van der Waals surface area contributed by atoms with Crippen LogP contribution in [0.3, 0.4) is 0 Å². The van der Waals surface area contributed by atoms with Crippen molar-refractivity contribution in [2.75, 3.05) is 0 Å². The summed E-state index contributed by atoms with van der Waals surface area (Å²) < 4.78 is 38.5. The maximum Gasteiger partial charge on any atom is 0.184 e. The second-order valence-corrected chi connectivity index (χ2v) is 7.56. The Labute approximate surface area is 108 Å². The fourth-order valence-corrected chi connectivity index (χ4v) is 4.61. The molecule has 4 heteroatoms. The lowest BCUT2D eigenvalue weighted by Crippen LogP contribution is -2.31. The zero-order valence-electron chi connectivity index (χ0n) is 10.8. The van der Waals surface area contributed by atoms with E-state index in [1.54, 1.807) is 6.07 Å². The van der Waals surface area contributed by atoms with E-state index in [4.69, 9.17) is 0 Å². The summed E-state index contributed by atoms with van der Waals surface area (Å²) in [7, 11) is -3.52. The van der Waals surface area contributed by atoms with Crippen molar-refractivity contribution < 1.29 is 12.8 Å². The molecule has 0 spiro atoms. The minimum absolute atomic E-state index is 0.142. The third-order valence-corrected chi connectivity index (χ3v) is 6.38. The minimum atomic E-state index is -3.52. The molecular formula is C14H19FO2S. The van der Waals surface area contributed by atoms with Crippen LogP contribution in [-0.2, 0) is 9.84 Å². The molecule has 0 aliphatic heterocycles. The van der Waals surface area contributed by atoms with Crippen LogP contribution in [0.25, 0.3) is 0 Å². The predicted molar refractivity (Wildman–Crippen MR) is 69.6 cm³/mol. The van der Waals surface area contributed by atoms with Gasteiger partial charge in [0.1, 0.15) is 10.7 Å². The van der Waals surface area contributed by atoms with Gasteiger partial charge in [0.2, 0.25) is 0 Å². The average Bonchev–Trinajstić information content (AvgIpc) is 2.33. The second kappa shape index (κ2) is 5.00. The first-order valence-corrected chi connectivity index (χ1v) is 7.96. The summed E-state index contributed by atoms with van der Waals surface area (Å²) in [5.41, 5.74) is 0. The van der Waals surface area contributed by atoms with Crippen molar-refractivity contribution in [3.05, 3.63) is 30.1 Å². The van der Waals surface area contributed by atoms with E-state index in [1.807, 2.05) is 0 Å². The lowest BCUT2D eigenvalue weighted by molar-refractivity contribution is 0.278. The van der Waals surface area contributed by atoms with Crippen molar-refractivity contribution in [3.63, 3.8) is 0 Å². The third-order valence-electron chi connectivity index (χ3n) is 4.13. The molecule has 1 aliphatic rings. The normalized spacial score (nSPS) is 29.2. The van der Waals surface area contributed by atoms with Crippen LogP contribution in [0.1, 0.15) is 33.1 Å². The van der Waals surface area contributed by atoms with Gasteiger partial charge in [-0.25, -0.2) is 12.8 Å². The molecule has 1 aromatic carbocycles. The molecule has 1 aliphatic carbocycles. The second-order valence-electron chi connectivity index (χ2n) is 5.37. The van der Waals surface area contributed by atoms with Gasteiger partial charge in [-0.3, -0.25) is 0 Å². The summed E-state index contributed by atoms with van der Waals surface area (Å²) in [6, 6.07) is 5.67. The molecule has 2 rings (SSSR count). The Morgan fingerprint density at radius 1 is 1.11 bits per heavy atom. The Hall–Kier alpha value is -0.900. The van der Waals surface area contributed by atoms with Gasteiger partial charge in [-0.1, -0.05) is 26.0 Å². The summed E-state index contributed by atoms with van der Waals surface area (Å²) in [5.74, 6) is 0.297. The molecule has 2 nitrogen and oxygen atoms in total. The molecule has 0 radical (unpaired) electrons. The summed E-state index contributed by atoms with van der Waals surface area (Å²) >= 11 is 0. The van der Waals surface area contributed by atoms with Crippen LogP contribution < -0.4 is 0 Å². The molecule has 0 amide bonds. The topological polar surface area (TPSA) is 34.1 Å². The zero-order chi connectivity index (χ0) is 13.3. The highest BCUT2D eigenvalue weighted by molar-refractivity contribution is 7.92. The van der Waals surface area contributed by atoms with Crippen LogP contribution >= 0.6 is 0 Å². The number of benzene rings is 1. The van der Waals surface area contributed by atoms with E-state index in [-0.39, 0.29) is 4.90 Å². The Morgan fingerprint density at radius 3 is 2.39 bits per heavy atom. The summed E-state index contributed by atoms with van der Waals surface area (Å²) in [5, 5.41) is -0.430.